The summed E-state index contributed by atoms with van der Waals surface area (Å²) in [5.74, 6) is 0.322. The standard InChI is InChI=1S/C10H13N5O/c1-6-4-9(14-13-6)12-10(16)8-5-11-15(3)7(8)2/h4-5H,1-3H3,(H2,12,13,14,16). The lowest BCUT2D eigenvalue weighted by Gasteiger charge is -2.00. The molecule has 2 aromatic rings. The topological polar surface area (TPSA) is 75.6 Å². The van der Waals surface area contributed by atoms with Crippen LogP contribution in [0.25, 0.3) is 0 Å². The zero-order valence-corrected chi connectivity index (χ0v) is 9.40. The second kappa shape index (κ2) is 3.80. The van der Waals surface area contributed by atoms with E-state index in [4.69, 9.17) is 0 Å². The van der Waals surface area contributed by atoms with E-state index in [1.54, 1.807) is 24.0 Å². The van der Waals surface area contributed by atoms with Crippen LogP contribution >= 0.6 is 0 Å². The van der Waals surface area contributed by atoms with Crippen molar-refractivity contribution in [3.05, 3.63) is 29.2 Å². The van der Waals surface area contributed by atoms with Gasteiger partial charge in [0.25, 0.3) is 5.91 Å². The van der Waals surface area contributed by atoms with E-state index in [1.807, 2.05) is 13.8 Å². The molecule has 16 heavy (non-hydrogen) atoms. The van der Waals surface area contributed by atoms with Crippen LogP contribution in [-0.2, 0) is 7.05 Å². The number of carbonyl (C=O) groups is 1. The monoisotopic (exact) mass is 219 g/mol. The van der Waals surface area contributed by atoms with Crippen LogP contribution in [-0.4, -0.2) is 25.9 Å². The SMILES string of the molecule is Cc1cc(NC(=O)c2cnn(C)c2C)n[nH]1. The number of aromatic nitrogens is 4. The molecular weight excluding hydrogens is 206 g/mol. The molecule has 0 unspecified atom stereocenters. The number of nitrogens with one attached hydrogen (secondary N) is 2. The highest BCUT2D eigenvalue weighted by Crippen LogP contribution is 2.10. The molecule has 0 aliphatic rings. The van der Waals surface area contributed by atoms with Crippen molar-refractivity contribution >= 4 is 11.7 Å². The molecule has 0 fully saturated rings. The van der Waals surface area contributed by atoms with Crippen LogP contribution in [0.1, 0.15) is 21.7 Å². The van der Waals surface area contributed by atoms with Gasteiger partial charge in [-0.1, -0.05) is 0 Å². The third-order valence-corrected chi connectivity index (χ3v) is 2.43. The lowest BCUT2D eigenvalue weighted by molar-refractivity contribution is 0.102. The number of amides is 1. The molecule has 0 bridgehead atoms. The molecule has 6 heteroatoms. The smallest absolute Gasteiger partial charge is 0.260 e. The van der Waals surface area contributed by atoms with Crippen molar-refractivity contribution in [1.29, 1.82) is 0 Å². The van der Waals surface area contributed by atoms with Crippen LogP contribution in [0.4, 0.5) is 5.82 Å². The fraction of sp³-hybridized carbons (Fsp3) is 0.300. The first kappa shape index (κ1) is 10.4. The Bertz CT molecular complexity index is 525. The first-order valence-corrected chi connectivity index (χ1v) is 4.90. The van der Waals surface area contributed by atoms with Gasteiger partial charge in [-0.2, -0.15) is 10.2 Å². The number of aromatic amines is 1. The lowest BCUT2D eigenvalue weighted by atomic mass is 10.2. The largest absolute Gasteiger partial charge is 0.305 e. The third-order valence-electron chi connectivity index (χ3n) is 2.43. The van der Waals surface area contributed by atoms with Crippen LogP contribution in [0.3, 0.4) is 0 Å². The van der Waals surface area contributed by atoms with Crippen molar-refractivity contribution in [2.45, 2.75) is 13.8 Å². The van der Waals surface area contributed by atoms with Gasteiger partial charge in [-0.15, -0.1) is 0 Å². The second-order valence-electron chi connectivity index (χ2n) is 3.66. The van der Waals surface area contributed by atoms with Gasteiger partial charge in [0.05, 0.1) is 11.8 Å². The molecule has 0 saturated heterocycles. The summed E-state index contributed by atoms with van der Waals surface area (Å²) >= 11 is 0. The van der Waals surface area contributed by atoms with Gasteiger partial charge in [0.15, 0.2) is 5.82 Å². The first-order chi connectivity index (χ1) is 7.58. The molecule has 84 valence electrons. The highest BCUT2D eigenvalue weighted by Gasteiger charge is 2.13. The van der Waals surface area contributed by atoms with E-state index < -0.39 is 0 Å². The molecular formula is C10H13N5O. The Kier molecular flexibility index (Phi) is 2.47. The molecule has 0 atom stereocenters. The summed E-state index contributed by atoms with van der Waals surface area (Å²) in [7, 11) is 1.80. The summed E-state index contributed by atoms with van der Waals surface area (Å²) in [6.45, 7) is 3.72. The Morgan fingerprint density at radius 2 is 2.25 bits per heavy atom. The summed E-state index contributed by atoms with van der Waals surface area (Å²) in [5.41, 5.74) is 2.28. The molecule has 0 spiro atoms. The van der Waals surface area contributed by atoms with E-state index in [9.17, 15) is 4.79 Å². The van der Waals surface area contributed by atoms with Crippen molar-refractivity contribution in [2.24, 2.45) is 7.05 Å². The van der Waals surface area contributed by atoms with Gasteiger partial charge in [-0.05, 0) is 13.8 Å². The number of nitrogens with zero attached hydrogens (tertiary/aromatic N) is 3. The molecule has 0 radical (unpaired) electrons. The fourth-order valence-corrected chi connectivity index (χ4v) is 1.39. The van der Waals surface area contributed by atoms with Crippen LogP contribution in [0.5, 0.6) is 0 Å². The molecule has 2 heterocycles. The average molecular weight is 219 g/mol. The van der Waals surface area contributed by atoms with Crippen molar-refractivity contribution in [1.82, 2.24) is 20.0 Å². The number of hydrogen-bond acceptors (Lipinski definition) is 3. The number of aryl methyl sites for hydroxylation is 2. The summed E-state index contributed by atoms with van der Waals surface area (Å²) in [5, 5.41) is 13.4. The minimum Gasteiger partial charge on any atom is -0.305 e. The van der Waals surface area contributed by atoms with E-state index in [1.165, 1.54) is 0 Å². The molecule has 0 aliphatic heterocycles. The van der Waals surface area contributed by atoms with Crippen LogP contribution in [0.15, 0.2) is 12.3 Å². The van der Waals surface area contributed by atoms with Crippen LogP contribution in [0, 0.1) is 13.8 Å². The fourth-order valence-electron chi connectivity index (χ4n) is 1.39. The molecule has 2 N–H and O–H groups in total. The minimum atomic E-state index is -0.197. The maximum atomic E-state index is 11.8. The number of carbonyl (C=O) groups excluding carboxylic acids is 1. The van der Waals surface area contributed by atoms with E-state index in [2.05, 4.69) is 20.6 Å². The number of hydrogen-bond donors (Lipinski definition) is 2. The minimum absolute atomic E-state index is 0.197. The maximum absolute atomic E-state index is 11.8. The number of anilines is 1. The predicted octanol–water partition coefficient (Wildman–Crippen LogP) is 1.01. The molecule has 1 amide bonds. The van der Waals surface area contributed by atoms with Gasteiger partial charge >= 0.3 is 0 Å². The summed E-state index contributed by atoms with van der Waals surface area (Å²) in [4.78, 5) is 11.8. The summed E-state index contributed by atoms with van der Waals surface area (Å²) < 4.78 is 1.66. The maximum Gasteiger partial charge on any atom is 0.260 e. The highest BCUT2D eigenvalue weighted by molar-refractivity contribution is 6.04. The first-order valence-electron chi connectivity index (χ1n) is 4.90. The van der Waals surface area contributed by atoms with Gasteiger partial charge in [0.1, 0.15) is 0 Å². The molecule has 0 aliphatic carbocycles. The van der Waals surface area contributed by atoms with E-state index in [-0.39, 0.29) is 5.91 Å². The predicted molar refractivity (Wildman–Crippen MR) is 59.2 cm³/mol. The van der Waals surface area contributed by atoms with Crippen molar-refractivity contribution in [3.63, 3.8) is 0 Å². The quantitative estimate of drug-likeness (QED) is 0.791. The van der Waals surface area contributed by atoms with Gasteiger partial charge in [0, 0.05) is 24.5 Å². The Labute approximate surface area is 92.7 Å². The van der Waals surface area contributed by atoms with Gasteiger partial charge in [0.2, 0.25) is 0 Å². The van der Waals surface area contributed by atoms with E-state index in [0.29, 0.717) is 11.4 Å². The molecule has 2 aromatic heterocycles. The summed E-state index contributed by atoms with van der Waals surface area (Å²) in [6.07, 6.45) is 1.55. The Balaban J connectivity index is 2.18. The zero-order valence-electron chi connectivity index (χ0n) is 9.40. The van der Waals surface area contributed by atoms with Crippen LogP contribution < -0.4 is 5.32 Å². The molecule has 0 aromatic carbocycles. The molecule has 2 rings (SSSR count). The Morgan fingerprint density at radius 3 is 2.75 bits per heavy atom. The van der Waals surface area contributed by atoms with Crippen molar-refractivity contribution < 1.29 is 4.79 Å². The zero-order chi connectivity index (χ0) is 11.7. The number of H-pyrrole nitrogens is 1. The van der Waals surface area contributed by atoms with Gasteiger partial charge < -0.3 is 5.32 Å². The Hall–Kier alpha value is -2.11. The van der Waals surface area contributed by atoms with Crippen molar-refractivity contribution in [2.75, 3.05) is 5.32 Å². The van der Waals surface area contributed by atoms with Crippen molar-refractivity contribution in [3.8, 4) is 0 Å². The number of rotatable bonds is 2. The van der Waals surface area contributed by atoms with E-state index >= 15 is 0 Å². The van der Waals surface area contributed by atoms with E-state index in [0.717, 1.165) is 11.4 Å². The third kappa shape index (κ3) is 1.81. The lowest BCUT2D eigenvalue weighted by Crippen LogP contribution is -2.13. The summed E-state index contributed by atoms with van der Waals surface area (Å²) in [6, 6.07) is 1.77. The molecule has 6 nitrogen and oxygen atoms in total. The highest BCUT2D eigenvalue weighted by atomic mass is 16.1. The second-order valence-corrected chi connectivity index (χ2v) is 3.66. The van der Waals surface area contributed by atoms with Crippen LogP contribution in [0.2, 0.25) is 0 Å². The van der Waals surface area contributed by atoms with Gasteiger partial charge in [-0.25, -0.2) is 0 Å². The van der Waals surface area contributed by atoms with Gasteiger partial charge in [-0.3, -0.25) is 14.6 Å². The molecule has 0 saturated carbocycles. The normalized spacial score (nSPS) is 10.4. The average Bonchev–Trinajstić information content (AvgIpc) is 2.76. The Morgan fingerprint density at radius 1 is 1.50 bits per heavy atom.